The molecule has 0 bridgehead atoms. The SMILES string of the molecule is Nc1ccc2nc(-c3ccc[nH]3)[nH]c2c1. The van der Waals surface area contributed by atoms with Crippen molar-refractivity contribution in [3.8, 4) is 11.5 Å². The number of nitrogens with zero attached hydrogens (tertiary/aromatic N) is 1. The van der Waals surface area contributed by atoms with Crippen LogP contribution in [-0.2, 0) is 0 Å². The van der Waals surface area contributed by atoms with Crippen LogP contribution in [0, 0.1) is 0 Å². The van der Waals surface area contributed by atoms with Crippen molar-refractivity contribution in [3.05, 3.63) is 36.5 Å². The number of nitrogens with one attached hydrogen (secondary N) is 2. The minimum atomic E-state index is 0.740. The molecule has 0 amide bonds. The van der Waals surface area contributed by atoms with E-state index in [-0.39, 0.29) is 0 Å². The average Bonchev–Trinajstić information content (AvgIpc) is 2.84. The number of anilines is 1. The molecule has 0 saturated heterocycles. The first-order valence-corrected chi connectivity index (χ1v) is 4.72. The first-order valence-electron chi connectivity index (χ1n) is 4.72. The van der Waals surface area contributed by atoms with Gasteiger partial charge in [-0.15, -0.1) is 0 Å². The molecule has 0 aliphatic rings. The number of hydrogen-bond acceptors (Lipinski definition) is 2. The van der Waals surface area contributed by atoms with Crippen LogP contribution in [0.5, 0.6) is 0 Å². The summed E-state index contributed by atoms with van der Waals surface area (Å²) >= 11 is 0. The first kappa shape index (κ1) is 8.11. The Hall–Kier alpha value is -2.23. The fraction of sp³-hybridized carbons (Fsp3) is 0. The molecule has 0 aliphatic heterocycles. The third-order valence-corrected chi connectivity index (χ3v) is 2.36. The fourth-order valence-corrected chi connectivity index (χ4v) is 1.63. The highest BCUT2D eigenvalue weighted by atomic mass is 14.9. The number of H-pyrrole nitrogens is 2. The Balaban J connectivity index is 2.22. The van der Waals surface area contributed by atoms with E-state index in [0.29, 0.717) is 0 Å². The van der Waals surface area contributed by atoms with Crippen LogP contribution < -0.4 is 5.73 Å². The smallest absolute Gasteiger partial charge is 0.154 e. The Labute approximate surface area is 86.1 Å². The van der Waals surface area contributed by atoms with Gasteiger partial charge in [0.25, 0.3) is 0 Å². The lowest BCUT2D eigenvalue weighted by atomic mass is 10.3. The lowest BCUT2D eigenvalue weighted by molar-refractivity contribution is 1.27. The van der Waals surface area contributed by atoms with Gasteiger partial charge in [-0.1, -0.05) is 0 Å². The fourth-order valence-electron chi connectivity index (χ4n) is 1.63. The average molecular weight is 198 g/mol. The molecule has 4 heteroatoms. The number of fused-ring (bicyclic) bond motifs is 1. The van der Waals surface area contributed by atoms with E-state index in [9.17, 15) is 0 Å². The summed E-state index contributed by atoms with van der Waals surface area (Å²) in [5.41, 5.74) is 9.30. The second-order valence-electron chi connectivity index (χ2n) is 3.45. The molecule has 0 saturated carbocycles. The molecule has 2 aromatic heterocycles. The number of nitrogen functional groups attached to an aromatic ring is 1. The highest BCUT2D eigenvalue weighted by molar-refractivity contribution is 5.81. The van der Waals surface area contributed by atoms with Gasteiger partial charge < -0.3 is 15.7 Å². The molecule has 1 aromatic carbocycles. The van der Waals surface area contributed by atoms with E-state index in [1.165, 1.54) is 0 Å². The maximum absolute atomic E-state index is 5.70. The molecule has 3 rings (SSSR count). The summed E-state index contributed by atoms with van der Waals surface area (Å²) in [5.74, 6) is 0.834. The van der Waals surface area contributed by atoms with Crippen LogP contribution in [0.3, 0.4) is 0 Å². The van der Waals surface area contributed by atoms with Gasteiger partial charge in [0.2, 0.25) is 0 Å². The zero-order valence-corrected chi connectivity index (χ0v) is 7.99. The lowest BCUT2D eigenvalue weighted by Crippen LogP contribution is -1.82. The van der Waals surface area contributed by atoms with Crippen molar-refractivity contribution in [2.75, 3.05) is 5.73 Å². The van der Waals surface area contributed by atoms with Gasteiger partial charge in [0.1, 0.15) is 0 Å². The molecule has 0 spiro atoms. The monoisotopic (exact) mass is 198 g/mol. The second-order valence-corrected chi connectivity index (χ2v) is 3.45. The third-order valence-electron chi connectivity index (χ3n) is 2.36. The Bertz CT molecular complexity index is 592. The Kier molecular flexibility index (Phi) is 1.56. The second kappa shape index (κ2) is 2.88. The number of imidazole rings is 1. The molecular formula is C11H10N4. The number of benzene rings is 1. The Morgan fingerprint density at radius 2 is 2.13 bits per heavy atom. The zero-order chi connectivity index (χ0) is 10.3. The van der Waals surface area contributed by atoms with Crippen LogP contribution in [-0.4, -0.2) is 15.0 Å². The number of aromatic nitrogens is 3. The van der Waals surface area contributed by atoms with Crippen LogP contribution in [0.4, 0.5) is 5.69 Å². The van der Waals surface area contributed by atoms with E-state index in [1.54, 1.807) is 0 Å². The van der Waals surface area contributed by atoms with Crippen molar-refractivity contribution in [1.82, 2.24) is 15.0 Å². The number of nitrogens with two attached hydrogens (primary N) is 1. The minimum absolute atomic E-state index is 0.740. The normalized spacial score (nSPS) is 10.9. The van der Waals surface area contributed by atoms with Crippen molar-refractivity contribution < 1.29 is 0 Å². The standard InChI is InChI=1S/C11H10N4/c12-7-3-4-8-10(6-7)15-11(14-8)9-2-1-5-13-9/h1-6,13H,12H2,(H,14,15). The third kappa shape index (κ3) is 1.27. The number of rotatable bonds is 1. The van der Waals surface area contributed by atoms with Crippen molar-refractivity contribution in [1.29, 1.82) is 0 Å². The number of aromatic amines is 2. The van der Waals surface area contributed by atoms with E-state index in [1.807, 2.05) is 36.5 Å². The maximum atomic E-state index is 5.70. The van der Waals surface area contributed by atoms with Crippen LogP contribution >= 0.6 is 0 Å². The predicted octanol–water partition coefficient (Wildman–Crippen LogP) is 2.14. The molecular weight excluding hydrogens is 188 g/mol. The van der Waals surface area contributed by atoms with Crippen molar-refractivity contribution in [2.45, 2.75) is 0 Å². The van der Waals surface area contributed by atoms with Gasteiger partial charge in [0, 0.05) is 11.9 Å². The van der Waals surface area contributed by atoms with E-state index in [0.717, 1.165) is 28.2 Å². The summed E-state index contributed by atoms with van der Waals surface area (Å²) in [4.78, 5) is 10.8. The van der Waals surface area contributed by atoms with E-state index in [2.05, 4.69) is 15.0 Å². The van der Waals surface area contributed by atoms with E-state index >= 15 is 0 Å². The van der Waals surface area contributed by atoms with Gasteiger partial charge in [-0.25, -0.2) is 4.98 Å². The van der Waals surface area contributed by atoms with Gasteiger partial charge in [-0.2, -0.15) is 0 Å². The van der Waals surface area contributed by atoms with Crippen LogP contribution in [0.25, 0.3) is 22.6 Å². The first-order chi connectivity index (χ1) is 7.33. The van der Waals surface area contributed by atoms with Crippen LogP contribution in [0.2, 0.25) is 0 Å². The molecule has 0 unspecified atom stereocenters. The summed E-state index contributed by atoms with van der Waals surface area (Å²) in [6, 6.07) is 9.56. The van der Waals surface area contributed by atoms with Gasteiger partial charge in [0.15, 0.2) is 5.82 Å². The lowest BCUT2D eigenvalue weighted by Gasteiger charge is -1.89. The summed E-state index contributed by atoms with van der Waals surface area (Å²) in [6.07, 6.45) is 1.87. The maximum Gasteiger partial charge on any atom is 0.154 e. The summed E-state index contributed by atoms with van der Waals surface area (Å²) < 4.78 is 0. The van der Waals surface area contributed by atoms with Crippen LogP contribution in [0.1, 0.15) is 0 Å². The molecule has 0 atom stereocenters. The Morgan fingerprint density at radius 1 is 1.20 bits per heavy atom. The summed E-state index contributed by atoms with van der Waals surface area (Å²) in [6.45, 7) is 0. The molecule has 74 valence electrons. The molecule has 3 aromatic rings. The molecule has 4 N–H and O–H groups in total. The molecule has 2 heterocycles. The number of hydrogen-bond donors (Lipinski definition) is 3. The highest BCUT2D eigenvalue weighted by Crippen LogP contribution is 2.20. The molecule has 4 nitrogen and oxygen atoms in total. The van der Waals surface area contributed by atoms with Crippen molar-refractivity contribution >= 4 is 16.7 Å². The molecule has 15 heavy (non-hydrogen) atoms. The molecule has 0 fully saturated rings. The quantitative estimate of drug-likeness (QED) is 0.524. The van der Waals surface area contributed by atoms with Gasteiger partial charge in [-0.05, 0) is 30.3 Å². The van der Waals surface area contributed by atoms with E-state index < -0.39 is 0 Å². The summed E-state index contributed by atoms with van der Waals surface area (Å²) in [7, 11) is 0. The van der Waals surface area contributed by atoms with Crippen LogP contribution in [0.15, 0.2) is 36.5 Å². The van der Waals surface area contributed by atoms with Gasteiger partial charge in [-0.3, -0.25) is 0 Å². The molecule has 0 radical (unpaired) electrons. The van der Waals surface area contributed by atoms with Crippen molar-refractivity contribution in [2.24, 2.45) is 0 Å². The van der Waals surface area contributed by atoms with E-state index in [4.69, 9.17) is 5.73 Å². The molecule has 0 aliphatic carbocycles. The van der Waals surface area contributed by atoms with Gasteiger partial charge >= 0.3 is 0 Å². The summed E-state index contributed by atoms with van der Waals surface area (Å²) in [5, 5.41) is 0. The topological polar surface area (TPSA) is 70.5 Å². The zero-order valence-electron chi connectivity index (χ0n) is 7.99. The largest absolute Gasteiger partial charge is 0.399 e. The predicted molar refractivity (Wildman–Crippen MR) is 60.3 cm³/mol. The van der Waals surface area contributed by atoms with Gasteiger partial charge in [0.05, 0.1) is 16.7 Å². The Morgan fingerprint density at radius 3 is 2.93 bits per heavy atom. The van der Waals surface area contributed by atoms with Crippen molar-refractivity contribution in [3.63, 3.8) is 0 Å². The minimum Gasteiger partial charge on any atom is -0.399 e. The highest BCUT2D eigenvalue weighted by Gasteiger charge is 2.05.